The molecule has 5 nitrogen and oxygen atoms in total. The summed E-state index contributed by atoms with van der Waals surface area (Å²) >= 11 is 9.53. The first-order chi connectivity index (χ1) is 8.81. The summed E-state index contributed by atoms with van der Waals surface area (Å²) in [5, 5.41) is 16.8. The van der Waals surface area contributed by atoms with Crippen LogP contribution in [0.3, 0.4) is 0 Å². The molecule has 4 N–H and O–H groups in total. The highest BCUT2D eigenvalue weighted by Gasteiger charge is 2.31. The number of aliphatic carboxylic acids is 2. The van der Waals surface area contributed by atoms with Crippen LogP contribution in [0.5, 0.6) is 0 Å². The largest absolute Gasteiger partial charge is 0.481 e. The van der Waals surface area contributed by atoms with E-state index >= 15 is 0 Å². The van der Waals surface area contributed by atoms with Crippen LogP contribution in [0.25, 0.3) is 0 Å². The van der Waals surface area contributed by atoms with Gasteiger partial charge in [0.05, 0.1) is 17.2 Å². The Bertz CT molecular complexity index is 261. The first kappa shape index (κ1) is 18.5. The van der Waals surface area contributed by atoms with Crippen molar-refractivity contribution in [3.05, 3.63) is 0 Å². The fourth-order valence-corrected chi connectivity index (χ4v) is 1.97. The molecule has 112 valence electrons. The molecular formula is C12H21Cl2NO4. The van der Waals surface area contributed by atoms with Crippen LogP contribution in [-0.4, -0.2) is 33.5 Å². The normalized spacial score (nSPS) is 31.4. The molecule has 0 radical (unpaired) electrons. The SMILES string of the molecule is CC1CC(C(=O)O)C1.ClCCl.NC1CC(C(=O)O)C1. The Kier molecular flexibility index (Phi) is 9.14. The standard InChI is InChI=1S/C6H10O2.C5H9NO2.CH2Cl2/c1-4-2-5(3-4)6(7)8;6-4-1-3(2-4)5(7)8;2-1-3/h4-5H,2-3H2,1H3,(H,7,8);3-4H,1-2,6H2,(H,7,8);1H2. The molecule has 0 bridgehead atoms. The first-order valence-electron chi connectivity index (χ1n) is 6.14. The van der Waals surface area contributed by atoms with Crippen LogP contribution in [0.2, 0.25) is 0 Å². The average molecular weight is 314 g/mol. The summed E-state index contributed by atoms with van der Waals surface area (Å²) in [5.41, 5.74) is 5.34. The van der Waals surface area contributed by atoms with Gasteiger partial charge in [0, 0.05) is 6.04 Å². The van der Waals surface area contributed by atoms with Crippen LogP contribution >= 0.6 is 23.2 Å². The summed E-state index contributed by atoms with van der Waals surface area (Å²) in [7, 11) is 0. The highest BCUT2D eigenvalue weighted by Crippen LogP contribution is 2.32. The number of hydrogen-bond acceptors (Lipinski definition) is 3. The van der Waals surface area contributed by atoms with Crippen LogP contribution in [0.15, 0.2) is 0 Å². The minimum absolute atomic E-state index is 0.0231. The first-order valence-corrected chi connectivity index (χ1v) is 7.21. The van der Waals surface area contributed by atoms with Crippen molar-refractivity contribution < 1.29 is 19.8 Å². The van der Waals surface area contributed by atoms with Crippen molar-refractivity contribution in [2.75, 3.05) is 5.34 Å². The third-order valence-electron chi connectivity index (χ3n) is 3.25. The fourth-order valence-electron chi connectivity index (χ4n) is 1.97. The van der Waals surface area contributed by atoms with Gasteiger partial charge in [0.25, 0.3) is 0 Å². The van der Waals surface area contributed by atoms with E-state index in [9.17, 15) is 9.59 Å². The maximum Gasteiger partial charge on any atom is 0.306 e. The molecule has 7 heteroatoms. The summed E-state index contributed by atoms with van der Waals surface area (Å²) in [4.78, 5) is 20.2. The summed E-state index contributed by atoms with van der Waals surface area (Å²) in [5.74, 6) is -0.846. The van der Waals surface area contributed by atoms with Gasteiger partial charge in [-0.15, -0.1) is 23.2 Å². The average Bonchev–Trinajstić information content (AvgIpc) is 2.22. The maximum absolute atomic E-state index is 10.1. The van der Waals surface area contributed by atoms with Gasteiger partial charge in [0.2, 0.25) is 0 Å². The van der Waals surface area contributed by atoms with Gasteiger partial charge in [-0.05, 0) is 31.6 Å². The lowest BCUT2D eigenvalue weighted by Gasteiger charge is -2.28. The molecular weight excluding hydrogens is 293 g/mol. The van der Waals surface area contributed by atoms with Crippen molar-refractivity contribution in [3.63, 3.8) is 0 Å². The number of hydrogen-bond donors (Lipinski definition) is 3. The monoisotopic (exact) mass is 313 g/mol. The van der Waals surface area contributed by atoms with Gasteiger partial charge in [-0.1, -0.05) is 6.92 Å². The highest BCUT2D eigenvalue weighted by molar-refractivity contribution is 6.40. The molecule has 0 saturated heterocycles. The smallest absolute Gasteiger partial charge is 0.306 e. The van der Waals surface area contributed by atoms with Crippen molar-refractivity contribution in [3.8, 4) is 0 Å². The Morgan fingerprint density at radius 1 is 1.05 bits per heavy atom. The van der Waals surface area contributed by atoms with Crippen molar-refractivity contribution in [1.82, 2.24) is 0 Å². The van der Waals surface area contributed by atoms with Crippen LogP contribution in [-0.2, 0) is 9.59 Å². The molecule has 0 heterocycles. The Morgan fingerprint density at radius 2 is 1.37 bits per heavy atom. The molecule has 0 aromatic heterocycles. The molecule has 2 aliphatic carbocycles. The summed E-state index contributed by atoms with van der Waals surface area (Å²) in [6, 6.07) is 0.149. The van der Waals surface area contributed by atoms with E-state index in [1.165, 1.54) is 0 Å². The number of halogens is 2. The van der Waals surface area contributed by atoms with Gasteiger partial charge in [-0.25, -0.2) is 0 Å². The second-order valence-electron chi connectivity index (χ2n) is 4.98. The molecule has 0 aromatic rings. The maximum atomic E-state index is 10.1. The summed E-state index contributed by atoms with van der Waals surface area (Å²) in [6.45, 7) is 2.08. The van der Waals surface area contributed by atoms with E-state index in [0.717, 1.165) is 12.8 Å². The number of carboxylic acid groups (broad SMARTS) is 2. The van der Waals surface area contributed by atoms with Crippen molar-refractivity contribution in [2.45, 2.75) is 38.6 Å². The molecule has 0 aliphatic heterocycles. The van der Waals surface area contributed by atoms with Gasteiger partial charge in [-0.2, -0.15) is 0 Å². The topological polar surface area (TPSA) is 101 Å². The Morgan fingerprint density at radius 3 is 1.47 bits per heavy atom. The van der Waals surface area contributed by atoms with E-state index < -0.39 is 11.9 Å². The second kappa shape index (κ2) is 9.39. The predicted molar refractivity (Wildman–Crippen MR) is 74.4 cm³/mol. The van der Waals surface area contributed by atoms with Crippen molar-refractivity contribution >= 4 is 35.1 Å². The van der Waals surface area contributed by atoms with E-state index in [4.69, 9.17) is 39.1 Å². The Balaban J connectivity index is 0.000000284. The molecule has 0 spiro atoms. The number of carboxylic acids is 2. The molecule has 2 saturated carbocycles. The number of rotatable bonds is 2. The van der Waals surface area contributed by atoms with Crippen LogP contribution in [0.4, 0.5) is 0 Å². The number of nitrogens with two attached hydrogens (primary N) is 1. The molecule has 0 aromatic carbocycles. The molecule has 19 heavy (non-hydrogen) atoms. The summed E-state index contributed by atoms with van der Waals surface area (Å²) in [6.07, 6.45) is 3.09. The van der Waals surface area contributed by atoms with E-state index in [0.29, 0.717) is 18.8 Å². The lowest BCUT2D eigenvalue weighted by molar-refractivity contribution is -0.146. The van der Waals surface area contributed by atoms with Gasteiger partial charge in [0.15, 0.2) is 0 Å². The molecule has 2 rings (SSSR count). The molecule has 0 amide bonds. The zero-order chi connectivity index (χ0) is 15.0. The molecule has 0 unspecified atom stereocenters. The Hall–Kier alpha value is -0.520. The van der Waals surface area contributed by atoms with Crippen molar-refractivity contribution in [2.24, 2.45) is 23.5 Å². The van der Waals surface area contributed by atoms with Gasteiger partial charge < -0.3 is 15.9 Å². The second-order valence-corrected chi connectivity index (χ2v) is 5.79. The lowest BCUT2D eigenvalue weighted by Crippen LogP contribution is -2.40. The van der Waals surface area contributed by atoms with E-state index in [2.05, 4.69) is 6.92 Å². The van der Waals surface area contributed by atoms with Crippen LogP contribution < -0.4 is 5.73 Å². The van der Waals surface area contributed by atoms with E-state index in [1.54, 1.807) is 0 Å². The zero-order valence-corrected chi connectivity index (χ0v) is 12.4. The van der Waals surface area contributed by atoms with Gasteiger partial charge in [0.1, 0.15) is 0 Å². The lowest BCUT2D eigenvalue weighted by atomic mass is 9.76. The highest BCUT2D eigenvalue weighted by atomic mass is 35.5. The number of alkyl halides is 2. The third kappa shape index (κ3) is 7.60. The summed E-state index contributed by atoms with van der Waals surface area (Å²) < 4.78 is 0. The number of carbonyl (C=O) groups is 2. The Labute approximate surface area is 123 Å². The van der Waals surface area contributed by atoms with E-state index in [1.807, 2.05) is 0 Å². The fraction of sp³-hybridized carbons (Fsp3) is 0.833. The third-order valence-corrected chi connectivity index (χ3v) is 3.25. The van der Waals surface area contributed by atoms with Gasteiger partial charge >= 0.3 is 11.9 Å². The predicted octanol–water partition coefficient (Wildman–Crippen LogP) is 2.35. The molecule has 2 fully saturated rings. The molecule has 2 aliphatic rings. The molecule has 0 atom stereocenters. The van der Waals surface area contributed by atoms with Gasteiger partial charge in [-0.3, -0.25) is 9.59 Å². The minimum Gasteiger partial charge on any atom is -0.481 e. The quantitative estimate of drug-likeness (QED) is 0.679. The van der Waals surface area contributed by atoms with Crippen LogP contribution in [0, 0.1) is 17.8 Å². The van der Waals surface area contributed by atoms with Crippen LogP contribution in [0.1, 0.15) is 32.6 Å². The minimum atomic E-state index is -0.702. The van der Waals surface area contributed by atoms with Crippen molar-refractivity contribution in [1.29, 1.82) is 0 Å². The van der Waals surface area contributed by atoms with E-state index in [-0.39, 0.29) is 23.2 Å². The zero-order valence-electron chi connectivity index (χ0n) is 10.9.